The smallest absolute Gasteiger partial charge is 0.366 e. The van der Waals surface area contributed by atoms with E-state index in [0.717, 1.165) is 14.0 Å². The molecule has 0 unspecified atom stereocenters. The summed E-state index contributed by atoms with van der Waals surface area (Å²) >= 11 is 0. The zero-order chi connectivity index (χ0) is 17.1. The molecule has 10 nitrogen and oxygen atoms in total. The number of carbonyl (C=O) groups is 2. The lowest BCUT2D eigenvalue weighted by Crippen LogP contribution is -2.67. The van der Waals surface area contributed by atoms with Gasteiger partial charge in [-0.3, -0.25) is 4.79 Å². The number of nitrogens with one attached hydrogen (secondary N) is 1. The van der Waals surface area contributed by atoms with Crippen molar-refractivity contribution in [2.45, 2.75) is 49.6 Å². The third-order valence-electron chi connectivity index (χ3n) is 3.38. The molecule has 0 spiro atoms. The molecule has 1 heterocycles. The zero-order valence-corrected chi connectivity index (χ0v) is 12.2. The van der Waals surface area contributed by atoms with Gasteiger partial charge < -0.3 is 40.3 Å². The molecule has 6 N–H and O–H groups in total. The Balaban J connectivity index is 3.09. The first-order chi connectivity index (χ1) is 10.2. The fourth-order valence-corrected chi connectivity index (χ4v) is 2.29. The van der Waals surface area contributed by atoms with E-state index in [-0.39, 0.29) is 0 Å². The molecule has 1 aliphatic rings. The lowest BCUT2D eigenvalue weighted by atomic mass is 9.88. The van der Waals surface area contributed by atoms with E-state index in [1.54, 1.807) is 0 Å². The number of aliphatic hydroxyl groups excluding tert-OH is 4. The van der Waals surface area contributed by atoms with E-state index < -0.39 is 61.1 Å². The minimum absolute atomic E-state index is 0.563. The molecular weight excluding hydrogens is 302 g/mol. The number of aliphatic hydroxyl groups is 5. The Hall–Kier alpha value is -1.30. The molecule has 1 saturated heterocycles. The van der Waals surface area contributed by atoms with Crippen LogP contribution in [0.15, 0.2) is 0 Å². The van der Waals surface area contributed by atoms with Crippen LogP contribution in [0.2, 0.25) is 0 Å². The first-order valence-electron chi connectivity index (χ1n) is 6.57. The third kappa shape index (κ3) is 3.91. The van der Waals surface area contributed by atoms with Crippen LogP contribution < -0.4 is 5.32 Å². The number of carbonyl (C=O) groups excluding carboxylic acids is 2. The maximum Gasteiger partial charge on any atom is 0.366 e. The molecule has 0 aromatic carbocycles. The van der Waals surface area contributed by atoms with E-state index in [2.05, 4.69) is 10.1 Å². The van der Waals surface area contributed by atoms with Crippen molar-refractivity contribution in [3.63, 3.8) is 0 Å². The molecular formula is C12H21NO9. The molecule has 128 valence electrons. The Morgan fingerprint density at radius 2 is 2.05 bits per heavy atom. The Morgan fingerprint density at radius 1 is 1.45 bits per heavy atom. The predicted octanol–water partition coefficient (Wildman–Crippen LogP) is -3.78. The van der Waals surface area contributed by atoms with Crippen molar-refractivity contribution in [1.82, 2.24) is 5.32 Å². The van der Waals surface area contributed by atoms with Gasteiger partial charge in [-0.05, 0) is 0 Å². The summed E-state index contributed by atoms with van der Waals surface area (Å²) in [5.41, 5.74) is 0. The average molecular weight is 323 g/mol. The van der Waals surface area contributed by atoms with E-state index in [1.165, 1.54) is 0 Å². The Bertz CT molecular complexity index is 417. The Labute approximate surface area is 126 Å². The molecule has 0 saturated carbocycles. The van der Waals surface area contributed by atoms with Crippen molar-refractivity contribution in [3.8, 4) is 0 Å². The second-order valence-electron chi connectivity index (χ2n) is 5.10. The maximum absolute atomic E-state index is 11.6. The Morgan fingerprint density at radius 3 is 2.50 bits per heavy atom. The summed E-state index contributed by atoms with van der Waals surface area (Å²) in [4.78, 5) is 22.8. The highest BCUT2D eigenvalue weighted by atomic mass is 16.7. The van der Waals surface area contributed by atoms with Gasteiger partial charge in [0, 0.05) is 13.3 Å². The molecule has 0 aliphatic carbocycles. The Kier molecular flexibility index (Phi) is 6.23. The highest BCUT2D eigenvalue weighted by Gasteiger charge is 2.54. The van der Waals surface area contributed by atoms with Crippen LogP contribution >= 0.6 is 0 Å². The van der Waals surface area contributed by atoms with Crippen molar-refractivity contribution in [2.75, 3.05) is 13.7 Å². The summed E-state index contributed by atoms with van der Waals surface area (Å²) in [7, 11) is 0.990. The lowest BCUT2D eigenvalue weighted by Gasteiger charge is -2.45. The van der Waals surface area contributed by atoms with Crippen molar-refractivity contribution in [2.24, 2.45) is 0 Å². The van der Waals surface area contributed by atoms with Crippen LogP contribution in [0.25, 0.3) is 0 Å². The third-order valence-corrected chi connectivity index (χ3v) is 3.38. The van der Waals surface area contributed by atoms with Crippen molar-refractivity contribution in [1.29, 1.82) is 0 Å². The fourth-order valence-electron chi connectivity index (χ4n) is 2.29. The van der Waals surface area contributed by atoms with E-state index >= 15 is 0 Å². The molecule has 1 rings (SSSR count). The van der Waals surface area contributed by atoms with Gasteiger partial charge in [0.1, 0.15) is 18.3 Å². The van der Waals surface area contributed by atoms with Gasteiger partial charge in [0.2, 0.25) is 5.91 Å². The second-order valence-corrected chi connectivity index (χ2v) is 5.10. The quantitative estimate of drug-likeness (QED) is 0.278. The van der Waals surface area contributed by atoms with Gasteiger partial charge in [0.25, 0.3) is 5.79 Å². The highest BCUT2D eigenvalue weighted by molar-refractivity contribution is 5.78. The summed E-state index contributed by atoms with van der Waals surface area (Å²) in [5.74, 6) is -4.32. The van der Waals surface area contributed by atoms with Gasteiger partial charge in [0.05, 0.1) is 25.9 Å². The number of amides is 1. The van der Waals surface area contributed by atoms with Gasteiger partial charge in [0.15, 0.2) is 0 Å². The molecule has 10 heteroatoms. The van der Waals surface area contributed by atoms with Crippen LogP contribution in [-0.4, -0.2) is 87.4 Å². The number of rotatable bonds is 5. The molecule has 0 aromatic rings. The minimum atomic E-state index is -2.55. The number of hydrogen-bond donors (Lipinski definition) is 6. The van der Waals surface area contributed by atoms with Crippen molar-refractivity contribution >= 4 is 11.9 Å². The van der Waals surface area contributed by atoms with Gasteiger partial charge in [-0.25, -0.2) is 4.79 Å². The van der Waals surface area contributed by atoms with E-state index in [0.29, 0.717) is 0 Å². The normalized spacial score (nSPS) is 34.6. The SMILES string of the molecule is COC(=O)[C@@]1(O)C[C@@H](O)[C@H](NC(C)=O)[C@@H]([C@@H](O)[C@H](O)CO)O1. The van der Waals surface area contributed by atoms with Crippen molar-refractivity contribution in [3.05, 3.63) is 0 Å². The second kappa shape index (κ2) is 7.31. The molecule has 6 atom stereocenters. The highest BCUT2D eigenvalue weighted by Crippen LogP contribution is 2.31. The largest absolute Gasteiger partial charge is 0.465 e. The lowest BCUT2D eigenvalue weighted by molar-refractivity contribution is -0.296. The number of methoxy groups -OCH3 is 1. The summed E-state index contributed by atoms with van der Waals surface area (Å²) in [6.45, 7) is 0.320. The molecule has 0 aromatic heterocycles. The van der Waals surface area contributed by atoms with Crippen LogP contribution in [0.3, 0.4) is 0 Å². The summed E-state index contributed by atoms with van der Waals surface area (Å²) in [6, 6.07) is -1.21. The minimum Gasteiger partial charge on any atom is -0.465 e. The average Bonchev–Trinajstić information content (AvgIpc) is 2.46. The molecule has 1 amide bonds. The van der Waals surface area contributed by atoms with Crippen LogP contribution in [0.5, 0.6) is 0 Å². The molecule has 0 radical (unpaired) electrons. The monoisotopic (exact) mass is 323 g/mol. The number of ether oxygens (including phenoxy) is 2. The first-order valence-corrected chi connectivity index (χ1v) is 6.57. The van der Waals surface area contributed by atoms with Crippen LogP contribution in [0.4, 0.5) is 0 Å². The van der Waals surface area contributed by atoms with E-state index in [1.807, 2.05) is 0 Å². The fraction of sp³-hybridized carbons (Fsp3) is 0.833. The van der Waals surface area contributed by atoms with Gasteiger partial charge >= 0.3 is 5.97 Å². The molecule has 22 heavy (non-hydrogen) atoms. The zero-order valence-electron chi connectivity index (χ0n) is 12.2. The van der Waals surface area contributed by atoms with Crippen LogP contribution in [0, 0.1) is 0 Å². The molecule has 1 aliphatic heterocycles. The summed E-state index contributed by atoms with van der Waals surface area (Å²) in [5, 5.41) is 50.8. The topological polar surface area (TPSA) is 166 Å². The van der Waals surface area contributed by atoms with Crippen LogP contribution in [0.1, 0.15) is 13.3 Å². The van der Waals surface area contributed by atoms with Crippen molar-refractivity contribution < 1.29 is 44.6 Å². The van der Waals surface area contributed by atoms with Gasteiger partial charge in [-0.1, -0.05) is 0 Å². The predicted molar refractivity (Wildman–Crippen MR) is 69.2 cm³/mol. The standard InChI is InChI=1S/C12H21NO9/c1-5(15)13-8-6(16)3-12(20,11(19)21-2)22-10(8)9(18)7(17)4-14/h6-10,14,16-18,20H,3-4H2,1-2H3,(H,13,15)/t6-,7-,8+,9+,10+,12-/m1/s1. The number of hydrogen-bond acceptors (Lipinski definition) is 9. The molecule has 1 fully saturated rings. The summed E-state index contributed by atoms with van der Waals surface area (Å²) in [6.07, 6.45) is -7.09. The van der Waals surface area contributed by atoms with E-state index in [4.69, 9.17) is 9.84 Å². The maximum atomic E-state index is 11.6. The van der Waals surface area contributed by atoms with E-state index in [9.17, 15) is 30.0 Å². The number of esters is 1. The van der Waals surface area contributed by atoms with Gasteiger partial charge in [-0.15, -0.1) is 0 Å². The molecule has 0 bridgehead atoms. The summed E-state index contributed by atoms with van der Waals surface area (Å²) < 4.78 is 9.45. The van der Waals surface area contributed by atoms with Gasteiger partial charge in [-0.2, -0.15) is 0 Å². The van der Waals surface area contributed by atoms with Crippen LogP contribution in [-0.2, 0) is 19.1 Å². The first kappa shape index (κ1) is 18.7.